The molecule has 0 fully saturated rings. The van der Waals surface area contributed by atoms with Gasteiger partial charge in [0.2, 0.25) is 10.0 Å². The fraction of sp³-hybridized carbons (Fsp3) is 0.250. The second-order valence-corrected chi connectivity index (χ2v) is 8.17. The third-order valence-electron chi connectivity index (χ3n) is 4.37. The summed E-state index contributed by atoms with van der Waals surface area (Å²) in [6, 6.07) is 12.3. The Morgan fingerprint density at radius 3 is 2.48 bits per heavy atom. The van der Waals surface area contributed by atoms with Crippen LogP contribution in [0.4, 0.5) is 0 Å². The highest BCUT2D eigenvalue weighted by Gasteiger charge is 2.29. The molecule has 3 aromatic rings. The van der Waals surface area contributed by atoms with Crippen LogP contribution < -0.4 is 4.74 Å². The minimum absolute atomic E-state index is 0.0992. The zero-order chi connectivity index (χ0) is 19.4. The summed E-state index contributed by atoms with van der Waals surface area (Å²) in [5, 5.41) is 0. The predicted octanol–water partition coefficient (Wildman–Crippen LogP) is 3.69. The number of benzene rings is 1. The molecule has 0 saturated carbocycles. The standard InChI is InChI=1S/C20H22N2O4S/c1-15-11-19(25-3)20(12-16(15)2)27(23,24)22(14-18-8-6-10-26-18)13-17-7-4-5-9-21-17/h4-12H,13-14H2,1-3H3. The average molecular weight is 386 g/mol. The van der Waals surface area contributed by atoms with Crippen LogP contribution in [0.25, 0.3) is 0 Å². The van der Waals surface area contributed by atoms with Crippen molar-refractivity contribution >= 4 is 10.0 Å². The molecule has 0 aliphatic heterocycles. The Labute approximate surface area is 159 Å². The zero-order valence-electron chi connectivity index (χ0n) is 15.5. The normalized spacial score (nSPS) is 11.7. The summed E-state index contributed by atoms with van der Waals surface area (Å²) in [4.78, 5) is 4.40. The Morgan fingerprint density at radius 1 is 1.07 bits per heavy atom. The van der Waals surface area contributed by atoms with E-state index in [2.05, 4.69) is 4.98 Å². The molecule has 0 aliphatic carbocycles. The predicted molar refractivity (Wildman–Crippen MR) is 102 cm³/mol. The number of hydrogen-bond acceptors (Lipinski definition) is 5. The molecule has 27 heavy (non-hydrogen) atoms. The maximum atomic E-state index is 13.5. The van der Waals surface area contributed by atoms with Gasteiger partial charge in [0, 0.05) is 6.20 Å². The monoisotopic (exact) mass is 386 g/mol. The number of ether oxygens (including phenoxy) is 1. The Kier molecular flexibility index (Phi) is 5.62. The minimum atomic E-state index is -3.85. The van der Waals surface area contributed by atoms with Gasteiger partial charge < -0.3 is 9.15 Å². The molecular weight excluding hydrogens is 364 g/mol. The summed E-state index contributed by atoms with van der Waals surface area (Å²) in [7, 11) is -2.38. The van der Waals surface area contributed by atoms with Crippen LogP contribution in [-0.4, -0.2) is 24.8 Å². The van der Waals surface area contributed by atoms with Crippen molar-refractivity contribution in [2.24, 2.45) is 0 Å². The summed E-state index contributed by atoms with van der Waals surface area (Å²) in [5.41, 5.74) is 2.49. The number of nitrogens with zero attached hydrogens (tertiary/aromatic N) is 2. The van der Waals surface area contributed by atoms with Crippen LogP contribution in [-0.2, 0) is 23.1 Å². The highest BCUT2D eigenvalue weighted by molar-refractivity contribution is 7.89. The molecule has 0 bridgehead atoms. The summed E-state index contributed by atoms with van der Waals surface area (Å²) < 4.78 is 39.0. The molecule has 0 spiro atoms. The highest BCUT2D eigenvalue weighted by Crippen LogP contribution is 2.31. The number of aryl methyl sites for hydroxylation is 2. The van der Waals surface area contributed by atoms with E-state index in [1.54, 1.807) is 42.6 Å². The van der Waals surface area contributed by atoms with Crippen molar-refractivity contribution in [1.29, 1.82) is 0 Å². The largest absolute Gasteiger partial charge is 0.495 e. The quantitative estimate of drug-likeness (QED) is 0.619. The second kappa shape index (κ2) is 7.94. The molecule has 142 valence electrons. The van der Waals surface area contributed by atoms with E-state index in [-0.39, 0.29) is 18.0 Å². The zero-order valence-corrected chi connectivity index (χ0v) is 16.4. The van der Waals surface area contributed by atoms with Crippen LogP contribution in [0.15, 0.2) is 64.2 Å². The van der Waals surface area contributed by atoms with Crippen molar-refractivity contribution in [3.8, 4) is 5.75 Å². The van der Waals surface area contributed by atoms with Crippen molar-refractivity contribution in [3.05, 3.63) is 77.5 Å². The molecule has 7 heteroatoms. The summed E-state index contributed by atoms with van der Waals surface area (Å²) in [5.74, 6) is 0.876. The molecule has 2 aromatic heterocycles. The first-order valence-corrected chi connectivity index (χ1v) is 9.93. The molecule has 0 radical (unpaired) electrons. The van der Waals surface area contributed by atoms with Crippen molar-refractivity contribution in [3.63, 3.8) is 0 Å². The van der Waals surface area contributed by atoms with Gasteiger partial charge in [0.15, 0.2) is 0 Å². The van der Waals surface area contributed by atoms with Gasteiger partial charge in [-0.15, -0.1) is 0 Å². The van der Waals surface area contributed by atoms with E-state index in [0.29, 0.717) is 17.2 Å². The summed E-state index contributed by atoms with van der Waals surface area (Å²) in [6.07, 6.45) is 3.17. The first-order valence-electron chi connectivity index (χ1n) is 8.49. The molecule has 6 nitrogen and oxygen atoms in total. The van der Waals surface area contributed by atoms with Gasteiger partial charge in [-0.3, -0.25) is 4.98 Å². The Hall–Kier alpha value is -2.64. The van der Waals surface area contributed by atoms with E-state index in [9.17, 15) is 8.42 Å². The topological polar surface area (TPSA) is 72.6 Å². The molecule has 0 amide bonds. The van der Waals surface area contributed by atoms with Crippen molar-refractivity contribution in [1.82, 2.24) is 9.29 Å². The Bertz CT molecular complexity index is 1000. The van der Waals surface area contributed by atoms with Gasteiger partial charge in [-0.1, -0.05) is 6.07 Å². The summed E-state index contributed by atoms with van der Waals surface area (Å²) in [6.45, 7) is 4.02. The van der Waals surface area contributed by atoms with Gasteiger partial charge in [0.05, 0.1) is 32.2 Å². The Balaban J connectivity index is 2.05. The number of aromatic nitrogens is 1. The number of furan rings is 1. The molecule has 1 aromatic carbocycles. The number of sulfonamides is 1. The molecule has 0 aliphatic rings. The van der Waals surface area contributed by atoms with Crippen molar-refractivity contribution in [2.45, 2.75) is 31.8 Å². The van der Waals surface area contributed by atoms with Crippen LogP contribution in [0.5, 0.6) is 5.75 Å². The number of hydrogen-bond donors (Lipinski definition) is 0. The van der Waals surface area contributed by atoms with Gasteiger partial charge in [0.25, 0.3) is 0 Å². The van der Waals surface area contributed by atoms with Crippen LogP contribution in [0.2, 0.25) is 0 Å². The van der Waals surface area contributed by atoms with E-state index in [4.69, 9.17) is 9.15 Å². The van der Waals surface area contributed by atoms with Gasteiger partial charge in [-0.2, -0.15) is 4.31 Å². The molecule has 2 heterocycles. The third kappa shape index (κ3) is 4.20. The van der Waals surface area contributed by atoms with Crippen molar-refractivity contribution < 1.29 is 17.6 Å². The van der Waals surface area contributed by atoms with E-state index in [0.717, 1.165) is 11.1 Å². The first-order chi connectivity index (χ1) is 12.9. The molecular formula is C20H22N2O4S. The van der Waals surface area contributed by atoms with Gasteiger partial charge in [0.1, 0.15) is 16.4 Å². The van der Waals surface area contributed by atoms with E-state index < -0.39 is 10.0 Å². The first kappa shape index (κ1) is 19.1. The molecule has 0 atom stereocenters. The summed E-state index contributed by atoms with van der Waals surface area (Å²) >= 11 is 0. The molecule has 0 unspecified atom stereocenters. The van der Waals surface area contributed by atoms with Gasteiger partial charge in [-0.05, 0) is 61.4 Å². The lowest BCUT2D eigenvalue weighted by atomic mass is 10.1. The molecule has 0 saturated heterocycles. The number of methoxy groups -OCH3 is 1. The van der Waals surface area contributed by atoms with Crippen LogP contribution in [0.1, 0.15) is 22.6 Å². The van der Waals surface area contributed by atoms with Crippen LogP contribution >= 0.6 is 0 Å². The lowest BCUT2D eigenvalue weighted by Crippen LogP contribution is -2.31. The second-order valence-electron chi connectivity index (χ2n) is 6.26. The maximum absolute atomic E-state index is 13.5. The van der Waals surface area contributed by atoms with Gasteiger partial charge in [-0.25, -0.2) is 8.42 Å². The Morgan fingerprint density at radius 2 is 1.85 bits per heavy atom. The lowest BCUT2D eigenvalue weighted by Gasteiger charge is -2.23. The van der Waals surface area contributed by atoms with Crippen LogP contribution in [0, 0.1) is 13.8 Å². The lowest BCUT2D eigenvalue weighted by molar-refractivity contribution is 0.350. The number of rotatable bonds is 7. The van der Waals surface area contributed by atoms with Gasteiger partial charge >= 0.3 is 0 Å². The average Bonchev–Trinajstić information content (AvgIpc) is 3.17. The molecule has 3 rings (SSSR count). The fourth-order valence-electron chi connectivity index (χ4n) is 2.74. The minimum Gasteiger partial charge on any atom is -0.495 e. The number of pyridine rings is 1. The van der Waals surface area contributed by atoms with E-state index >= 15 is 0 Å². The highest BCUT2D eigenvalue weighted by atomic mass is 32.2. The SMILES string of the molecule is COc1cc(C)c(C)cc1S(=O)(=O)N(Cc1ccccn1)Cc1ccco1. The van der Waals surface area contributed by atoms with E-state index in [1.165, 1.54) is 17.7 Å². The third-order valence-corrected chi connectivity index (χ3v) is 6.19. The maximum Gasteiger partial charge on any atom is 0.247 e. The van der Waals surface area contributed by atoms with Crippen LogP contribution in [0.3, 0.4) is 0 Å². The van der Waals surface area contributed by atoms with Crippen molar-refractivity contribution in [2.75, 3.05) is 7.11 Å². The smallest absolute Gasteiger partial charge is 0.247 e. The van der Waals surface area contributed by atoms with E-state index in [1.807, 2.05) is 19.9 Å². The molecule has 0 N–H and O–H groups in total. The fourth-order valence-corrected chi connectivity index (χ4v) is 4.34.